The molecule has 2 heterocycles. The van der Waals surface area contributed by atoms with Crippen LogP contribution in [-0.4, -0.2) is 49.8 Å². The molecular formula is C8H12N4O2S. The average molecular weight is 228 g/mol. The molecule has 1 aliphatic rings. The SMILES string of the molecule is Nc1[nH]ncc1C(=O)N1CCS(=O)CC1. The van der Waals surface area contributed by atoms with Crippen molar-refractivity contribution in [2.24, 2.45) is 0 Å². The monoisotopic (exact) mass is 228 g/mol. The van der Waals surface area contributed by atoms with Crippen molar-refractivity contribution in [1.29, 1.82) is 0 Å². The Morgan fingerprint density at radius 1 is 1.53 bits per heavy atom. The molecule has 3 N–H and O–H groups in total. The van der Waals surface area contributed by atoms with Crippen LogP contribution in [0.25, 0.3) is 0 Å². The minimum Gasteiger partial charge on any atom is -0.383 e. The second-order valence-electron chi connectivity index (χ2n) is 3.34. The Morgan fingerprint density at radius 2 is 2.20 bits per heavy atom. The van der Waals surface area contributed by atoms with E-state index in [-0.39, 0.29) is 11.7 Å². The molecule has 0 aliphatic carbocycles. The number of hydrogen-bond donors (Lipinski definition) is 2. The quantitative estimate of drug-likeness (QED) is 0.658. The first-order valence-corrected chi connectivity index (χ1v) is 6.10. The molecule has 1 aromatic heterocycles. The number of aromatic amines is 1. The van der Waals surface area contributed by atoms with Crippen LogP contribution in [0, 0.1) is 0 Å². The highest BCUT2D eigenvalue weighted by molar-refractivity contribution is 7.85. The van der Waals surface area contributed by atoms with E-state index in [1.807, 2.05) is 0 Å². The number of nitrogens with one attached hydrogen (secondary N) is 1. The van der Waals surface area contributed by atoms with Gasteiger partial charge in [0.25, 0.3) is 5.91 Å². The molecule has 7 heteroatoms. The first kappa shape index (κ1) is 10.2. The van der Waals surface area contributed by atoms with Crippen LogP contribution in [0.1, 0.15) is 10.4 Å². The fraction of sp³-hybridized carbons (Fsp3) is 0.500. The third kappa shape index (κ3) is 2.01. The molecule has 6 nitrogen and oxygen atoms in total. The molecule has 1 saturated heterocycles. The second-order valence-corrected chi connectivity index (χ2v) is 5.03. The number of carbonyl (C=O) groups is 1. The Kier molecular flexibility index (Phi) is 2.72. The molecule has 0 saturated carbocycles. The fourth-order valence-corrected chi connectivity index (χ4v) is 2.53. The third-order valence-corrected chi connectivity index (χ3v) is 3.64. The van der Waals surface area contributed by atoms with Crippen LogP contribution in [0.2, 0.25) is 0 Å². The van der Waals surface area contributed by atoms with E-state index in [9.17, 15) is 9.00 Å². The number of hydrogen-bond acceptors (Lipinski definition) is 4. The number of amides is 1. The summed E-state index contributed by atoms with van der Waals surface area (Å²) in [7, 11) is -0.778. The van der Waals surface area contributed by atoms with Crippen LogP contribution in [0.5, 0.6) is 0 Å². The van der Waals surface area contributed by atoms with Crippen LogP contribution in [-0.2, 0) is 10.8 Å². The Hall–Kier alpha value is -1.37. The number of nitrogen functional groups attached to an aromatic ring is 1. The maximum absolute atomic E-state index is 11.9. The lowest BCUT2D eigenvalue weighted by Gasteiger charge is -2.25. The predicted molar refractivity (Wildman–Crippen MR) is 56.8 cm³/mol. The Bertz CT molecular complexity index is 393. The summed E-state index contributed by atoms with van der Waals surface area (Å²) in [5.74, 6) is 1.23. The van der Waals surface area contributed by atoms with Gasteiger partial charge in [0.2, 0.25) is 0 Å². The van der Waals surface area contributed by atoms with Crippen LogP contribution in [0.4, 0.5) is 5.82 Å². The number of H-pyrrole nitrogens is 1. The van der Waals surface area contributed by atoms with E-state index in [2.05, 4.69) is 10.2 Å². The van der Waals surface area contributed by atoms with Gasteiger partial charge in [0.1, 0.15) is 11.4 Å². The number of rotatable bonds is 1. The van der Waals surface area contributed by atoms with Crippen LogP contribution in [0.15, 0.2) is 6.20 Å². The molecule has 0 atom stereocenters. The van der Waals surface area contributed by atoms with Crippen molar-refractivity contribution in [1.82, 2.24) is 15.1 Å². The number of nitrogens with zero attached hydrogens (tertiary/aromatic N) is 2. The summed E-state index contributed by atoms with van der Waals surface area (Å²) in [5, 5.41) is 6.21. The number of carbonyl (C=O) groups excluding carboxylic acids is 1. The average Bonchev–Trinajstić information content (AvgIpc) is 2.65. The molecular weight excluding hydrogens is 216 g/mol. The normalized spacial score (nSPS) is 18.0. The summed E-state index contributed by atoms with van der Waals surface area (Å²) in [6.45, 7) is 1.05. The smallest absolute Gasteiger partial charge is 0.259 e. The summed E-state index contributed by atoms with van der Waals surface area (Å²) in [4.78, 5) is 13.5. The third-order valence-electron chi connectivity index (χ3n) is 2.36. The molecule has 2 rings (SSSR count). The lowest BCUT2D eigenvalue weighted by molar-refractivity contribution is 0.0772. The topological polar surface area (TPSA) is 92.1 Å². The lowest BCUT2D eigenvalue weighted by Crippen LogP contribution is -2.41. The van der Waals surface area contributed by atoms with Crippen LogP contribution in [0.3, 0.4) is 0 Å². The van der Waals surface area contributed by atoms with Crippen molar-refractivity contribution < 1.29 is 9.00 Å². The molecule has 1 aromatic rings. The van der Waals surface area contributed by atoms with Gasteiger partial charge in [-0.1, -0.05) is 0 Å². The Morgan fingerprint density at radius 3 is 2.73 bits per heavy atom. The summed E-state index contributed by atoms with van der Waals surface area (Å²) in [5.41, 5.74) is 5.94. The van der Waals surface area contributed by atoms with Crippen molar-refractivity contribution in [2.75, 3.05) is 30.3 Å². The molecule has 0 spiro atoms. The zero-order valence-electron chi connectivity index (χ0n) is 8.10. The van der Waals surface area contributed by atoms with Gasteiger partial charge in [0.15, 0.2) is 0 Å². The van der Waals surface area contributed by atoms with E-state index in [0.29, 0.717) is 30.2 Å². The second kappa shape index (κ2) is 4.01. The van der Waals surface area contributed by atoms with E-state index >= 15 is 0 Å². The lowest BCUT2D eigenvalue weighted by atomic mass is 10.3. The molecule has 15 heavy (non-hydrogen) atoms. The van der Waals surface area contributed by atoms with E-state index in [1.165, 1.54) is 6.20 Å². The zero-order valence-corrected chi connectivity index (χ0v) is 8.92. The number of aromatic nitrogens is 2. The van der Waals surface area contributed by atoms with Crippen LogP contribution >= 0.6 is 0 Å². The van der Waals surface area contributed by atoms with Gasteiger partial charge < -0.3 is 10.6 Å². The van der Waals surface area contributed by atoms with Gasteiger partial charge in [-0.05, 0) is 0 Å². The first-order valence-electron chi connectivity index (χ1n) is 4.61. The van der Waals surface area contributed by atoms with Crippen molar-refractivity contribution in [3.8, 4) is 0 Å². The van der Waals surface area contributed by atoms with Crippen LogP contribution < -0.4 is 5.73 Å². The molecule has 1 fully saturated rings. The predicted octanol–water partition coefficient (Wildman–Crippen LogP) is -0.804. The molecule has 0 aromatic carbocycles. The number of anilines is 1. The molecule has 1 aliphatic heterocycles. The van der Waals surface area contributed by atoms with E-state index in [4.69, 9.17) is 5.73 Å². The Balaban J connectivity index is 2.09. The van der Waals surface area contributed by atoms with Crippen molar-refractivity contribution >= 4 is 22.5 Å². The van der Waals surface area contributed by atoms with Gasteiger partial charge in [0, 0.05) is 35.4 Å². The van der Waals surface area contributed by atoms with E-state index in [0.717, 1.165) is 0 Å². The standard InChI is InChI=1S/C8H12N4O2S/c9-7-6(5-10-11-7)8(13)12-1-3-15(14)4-2-12/h5H,1-4H2,(H3,9,10,11). The minimum absolute atomic E-state index is 0.141. The number of nitrogens with two attached hydrogens (primary N) is 1. The Labute approximate surface area is 89.3 Å². The van der Waals surface area contributed by atoms with Crippen molar-refractivity contribution in [3.05, 3.63) is 11.8 Å². The zero-order chi connectivity index (χ0) is 10.8. The van der Waals surface area contributed by atoms with Gasteiger partial charge in [-0.15, -0.1) is 0 Å². The van der Waals surface area contributed by atoms with Gasteiger partial charge in [0.05, 0.1) is 6.20 Å². The van der Waals surface area contributed by atoms with Gasteiger partial charge in [-0.3, -0.25) is 14.1 Å². The highest BCUT2D eigenvalue weighted by atomic mass is 32.2. The molecule has 0 radical (unpaired) electrons. The fourth-order valence-electron chi connectivity index (χ4n) is 1.48. The summed E-state index contributed by atoms with van der Waals surface area (Å²) in [6, 6.07) is 0. The minimum atomic E-state index is -0.778. The molecule has 82 valence electrons. The largest absolute Gasteiger partial charge is 0.383 e. The highest BCUT2D eigenvalue weighted by Gasteiger charge is 2.23. The summed E-state index contributed by atoms with van der Waals surface area (Å²) in [6.07, 6.45) is 1.42. The summed E-state index contributed by atoms with van der Waals surface area (Å²) >= 11 is 0. The summed E-state index contributed by atoms with van der Waals surface area (Å²) < 4.78 is 11.1. The van der Waals surface area contributed by atoms with Gasteiger partial charge in [-0.2, -0.15) is 5.10 Å². The van der Waals surface area contributed by atoms with E-state index < -0.39 is 10.8 Å². The van der Waals surface area contributed by atoms with Crippen molar-refractivity contribution in [2.45, 2.75) is 0 Å². The molecule has 0 unspecified atom stereocenters. The van der Waals surface area contributed by atoms with Gasteiger partial charge >= 0.3 is 0 Å². The highest BCUT2D eigenvalue weighted by Crippen LogP contribution is 2.11. The first-order chi connectivity index (χ1) is 7.18. The van der Waals surface area contributed by atoms with Crippen molar-refractivity contribution in [3.63, 3.8) is 0 Å². The molecule has 1 amide bonds. The molecule has 0 bridgehead atoms. The maximum Gasteiger partial charge on any atom is 0.259 e. The van der Waals surface area contributed by atoms with Gasteiger partial charge in [-0.25, -0.2) is 0 Å². The van der Waals surface area contributed by atoms with E-state index in [1.54, 1.807) is 4.90 Å². The maximum atomic E-state index is 11.9.